The number of benzene rings is 1. The van der Waals surface area contributed by atoms with E-state index in [1.165, 1.54) is 11.9 Å². The highest BCUT2D eigenvalue weighted by Gasteiger charge is 2.51. The lowest BCUT2D eigenvalue weighted by Crippen LogP contribution is -2.62. The zero-order valence-corrected chi connectivity index (χ0v) is 22.4. The third-order valence-corrected chi connectivity index (χ3v) is 8.93. The van der Waals surface area contributed by atoms with Gasteiger partial charge in [0.25, 0.3) is 0 Å². The van der Waals surface area contributed by atoms with Gasteiger partial charge in [0.1, 0.15) is 17.2 Å². The van der Waals surface area contributed by atoms with Crippen LogP contribution in [0.5, 0.6) is 5.75 Å². The summed E-state index contributed by atoms with van der Waals surface area (Å²) in [4.78, 5) is 10.9. The van der Waals surface area contributed by atoms with E-state index < -0.39 is 11.7 Å². The van der Waals surface area contributed by atoms with E-state index in [2.05, 4.69) is 44.3 Å². The number of allylic oxidation sites excluding steroid dienone is 1. The number of aromatic nitrogens is 3. The topological polar surface area (TPSA) is 64.3 Å². The van der Waals surface area contributed by atoms with Crippen LogP contribution in [0.25, 0.3) is 28.2 Å². The van der Waals surface area contributed by atoms with Gasteiger partial charge in [0.05, 0.1) is 17.2 Å². The van der Waals surface area contributed by atoms with Crippen molar-refractivity contribution in [2.75, 3.05) is 18.0 Å². The average molecular weight is 559 g/mol. The van der Waals surface area contributed by atoms with Crippen LogP contribution in [-0.4, -0.2) is 34.3 Å². The van der Waals surface area contributed by atoms with Crippen molar-refractivity contribution in [1.82, 2.24) is 15.1 Å². The largest absolute Gasteiger partial charge is 0.490 e. The molecule has 3 aromatic heterocycles. The third kappa shape index (κ3) is 4.55. The van der Waals surface area contributed by atoms with Gasteiger partial charge in [-0.25, -0.2) is 0 Å². The molecule has 0 amide bonds. The summed E-state index contributed by atoms with van der Waals surface area (Å²) < 4.78 is 52.9. The van der Waals surface area contributed by atoms with Gasteiger partial charge in [0, 0.05) is 65.2 Å². The van der Waals surface area contributed by atoms with Crippen LogP contribution in [0.2, 0.25) is 0 Å². The number of fused-ring (bicyclic) bond motifs is 1. The predicted molar refractivity (Wildman–Crippen MR) is 149 cm³/mol. The third-order valence-electron chi connectivity index (χ3n) is 8.93. The van der Waals surface area contributed by atoms with Gasteiger partial charge in [0.2, 0.25) is 0 Å². The SMILES string of the molecule is FC(F)(F)c1ccncc1-c1noc(C2CC2)c1/C=C/C1CC2(C1)CN(c1ccc3nccc(OC4CC4)c3c1)C2. The molecule has 0 unspecified atom stereocenters. The van der Waals surface area contributed by atoms with Crippen molar-refractivity contribution >= 4 is 22.7 Å². The van der Waals surface area contributed by atoms with Crippen LogP contribution in [0.3, 0.4) is 0 Å². The van der Waals surface area contributed by atoms with E-state index in [4.69, 9.17) is 9.26 Å². The van der Waals surface area contributed by atoms with Gasteiger partial charge >= 0.3 is 6.18 Å². The zero-order chi connectivity index (χ0) is 27.8. The molecule has 3 aliphatic carbocycles. The van der Waals surface area contributed by atoms with E-state index in [1.807, 2.05) is 18.3 Å². The first kappa shape index (κ1) is 24.9. The fourth-order valence-electron chi connectivity index (χ4n) is 6.53. The lowest BCUT2D eigenvalue weighted by Gasteiger charge is -2.59. The van der Waals surface area contributed by atoms with Crippen LogP contribution in [0.4, 0.5) is 18.9 Å². The molecule has 1 aliphatic heterocycles. The summed E-state index contributed by atoms with van der Waals surface area (Å²) in [6.45, 7) is 2.00. The van der Waals surface area contributed by atoms with Gasteiger partial charge in [-0.05, 0) is 74.8 Å². The van der Waals surface area contributed by atoms with Crippen LogP contribution >= 0.6 is 0 Å². The summed E-state index contributed by atoms with van der Waals surface area (Å²) in [5.74, 6) is 2.20. The molecule has 210 valence electrons. The number of rotatable bonds is 7. The standard InChI is InChI=1S/C32H29F3N4O2/c33-32(34,35)26-9-11-36-16-25(26)29-23(30(41-38-29)20-2-3-20)7-1-19-14-31(15-19)17-39(18-31)21-4-8-27-24(13-21)28(10-12-37-27)40-22-5-6-22/h1,4,7-13,16,19-20,22H,2-3,5-6,14-15,17-18H2/b7-1+. The Morgan fingerprint density at radius 3 is 2.61 bits per heavy atom. The minimum Gasteiger partial charge on any atom is -0.490 e. The number of anilines is 1. The second kappa shape index (κ2) is 9.06. The van der Waals surface area contributed by atoms with Crippen LogP contribution < -0.4 is 9.64 Å². The molecule has 41 heavy (non-hydrogen) atoms. The minimum absolute atomic E-state index is 0.0358. The van der Waals surface area contributed by atoms with Crippen molar-refractivity contribution in [2.24, 2.45) is 11.3 Å². The second-order valence-corrected chi connectivity index (χ2v) is 12.2. The number of alkyl halides is 3. The fourth-order valence-corrected chi connectivity index (χ4v) is 6.53. The summed E-state index contributed by atoms with van der Waals surface area (Å²) >= 11 is 0. The molecular formula is C32H29F3N4O2. The molecule has 1 saturated heterocycles. The monoisotopic (exact) mass is 558 g/mol. The maximum Gasteiger partial charge on any atom is 0.417 e. The number of ether oxygens (including phenoxy) is 1. The Hall–Kier alpha value is -3.88. The first-order chi connectivity index (χ1) is 19.9. The van der Waals surface area contributed by atoms with Crippen LogP contribution in [0.1, 0.15) is 61.3 Å². The van der Waals surface area contributed by atoms with E-state index in [1.54, 1.807) is 0 Å². The molecule has 4 fully saturated rings. The Balaban J connectivity index is 0.972. The Labute approximate surface area is 235 Å². The summed E-state index contributed by atoms with van der Waals surface area (Å²) in [6, 6.07) is 9.36. The Morgan fingerprint density at radius 2 is 1.85 bits per heavy atom. The second-order valence-electron chi connectivity index (χ2n) is 12.2. The van der Waals surface area contributed by atoms with Crippen molar-refractivity contribution in [3.05, 3.63) is 71.9 Å². The maximum atomic E-state index is 13.7. The summed E-state index contributed by atoms with van der Waals surface area (Å²) in [7, 11) is 0. The van der Waals surface area contributed by atoms with Gasteiger partial charge in [-0.2, -0.15) is 13.2 Å². The minimum atomic E-state index is -4.50. The Bertz CT molecular complexity index is 1660. The molecule has 4 aromatic rings. The molecule has 6 nitrogen and oxygen atoms in total. The van der Waals surface area contributed by atoms with E-state index in [0.29, 0.717) is 23.3 Å². The van der Waals surface area contributed by atoms with Gasteiger partial charge in [-0.15, -0.1) is 0 Å². The molecule has 0 bridgehead atoms. The normalized spacial score (nSPS) is 20.5. The van der Waals surface area contributed by atoms with Crippen LogP contribution in [-0.2, 0) is 6.18 Å². The zero-order valence-electron chi connectivity index (χ0n) is 22.4. The van der Waals surface area contributed by atoms with Crippen LogP contribution in [0, 0.1) is 11.3 Å². The fraction of sp³-hybridized carbons (Fsp3) is 0.406. The van der Waals surface area contributed by atoms with Crippen molar-refractivity contribution in [2.45, 2.75) is 56.7 Å². The first-order valence-corrected chi connectivity index (χ1v) is 14.3. The molecule has 1 spiro atoms. The Morgan fingerprint density at radius 1 is 1.02 bits per heavy atom. The van der Waals surface area contributed by atoms with Crippen molar-refractivity contribution in [3.8, 4) is 17.0 Å². The maximum absolute atomic E-state index is 13.7. The molecule has 8 rings (SSSR count). The number of halogens is 3. The van der Waals surface area contributed by atoms with Crippen molar-refractivity contribution in [3.63, 3.8) is 0 Å². The lowest BCUT2D eigenvalue weighted by atomic mass is 9.57. The number of hydrogen-bond donors (Lipinski definition) is 0. The summed E-state index contributed by atoms with van der Waals surface area (Å²) in [5, 5.41) is 5.16. The number of nitrogens with zero attached hydrogens (tertiary/aromatic N) is 4. The molecule has 9 heteroatoms. The smallest absolute Gasteiger partial charge is 0.417 e. The number of pyridine rings is 2. The van der Waals surface area contributed by atoms with Crippen molar-refractivity contribution < 1.29 is 22.4 Å². The van der Waals surface area contributed by atoms with E-state index >= 15 is 0 Å². The van der Waals surface area contributed by atoms with Crippen molar-refractivity contribution in [1.29, 1.82) is 0 Å². The summed E-state index contributed by atoms with van der Waals surface area (Å²) in [6.07, 6.45) is 10.4. The van der Waals surface area contributed by atoms with Crippen LogP contribution in [0.15, 0.2) is 59.5 Å². The predicted octanol–water partition coefficient (Wildman–Crippen LogP) is 7.65. The van der Waals surface area contributed by atoms with Gasteiger partial charge in [-0.3, -0.25) is 9.97 Å². The van der Waals surface area contributed by atoms with E-state index in [0.717, 1.165) is 80.5 Å². The average Bonchev–Trinajstić information content (AvgIpc) is 3.86. The quantitative estimate of drug-likeness (QED) is 0.232. The molecule has 1 aromatic carbocycles. The van der Waals surface area contributed by atoms with E-state index in [-0.39, 0.29) is 22.6 Å². The Kier molecular flexibility index (Phi) is 5.50. The van der Waals surface area contributed by atoms with Gasteiger partial charge in [-0.1, -0.05) is 17.3 Å². The molecule has 0 atom stereocenters. The molecule has 4 heterocycles. The highest BCUT2D eigenvalue weighted by Crippen LogP contribution is 2.54. The molecule has 0 N–H and O–H groups in total. The molecular weight excluding hydrogens is 529 g/mol. The van der Waals surface area contributed by atoms with E-state index in [9.17, 15) is 13.2 Å². The first-order valence-electron chi connectivity index (χ1n) is 14.3. The lowest BCUT2D eigenvalue weighted by molar-refractivity contribution is -0.137. The highest BCUT2D eigenvalue weighted by molar-refractivity contribution is 5.88. The summed E-state index contributed by atoms with van der Waals surface area (Å²) in [5.41, 5.74) is 2.53. The molecule has 4 aliphatic rings. The molecule has 0 radical (unpaired) electrons. The van der Waals surface area contributed by atoms with Gasteiger partial charge in [0.15, 0.2) is 0 Å². The molecule has 3 saturated carbocycles. The number of hydrogen-bond acceptors (Lipinski definition) is 6. The highest BCUT2D eigenvalue weighted by atomic mass is 19.4. The van der Waals surface area contributed by atoms with Gasteiger partial charge < -0.3 is 14.2 Å².